The van der Waals surface area contributed by atoms with Gasteiger partial charge >= 0.3 is 0 Å². The lowest BCUT2D eigenvalue weighted by Gasteiger charge is -2.08. The lowest BCUT2D eigenvalue weighted by Crippen LogP contribution is -2.23. The van der Waals surface area contributed by atoms with Crippen molar-refractivity contribution in [3.63, 3.8) is 0 Å². The number of rotatable bonds is 9. The summed E-state index contributed by atoms with van der Waals surface area (Å²) in [5.41, 5.74) is 2.72. The Kier molecular flexibility index (Phi) is 7.14. The third kappa shape index (κ3) is 5.63. The Morgan fingerprint density at radius 3 is 2.64 bits per heavy atom. The van der Waals surface area contributed by atoms with Gasteiger partial charge in [0.25, 0.3) is 5.56 Å². The molecule has 0 unspecified atom stereocenters. The van der Waals surface area contributed by atoms with E-state index in [0.717, 1.165) is 22.7 Å². The first-order valence-corrected chi connectivity index (χ1v) is 10.5. The second-order valence-corrected chi connectivity index (χ2v) is 7.66. The lowest BCUT2D eigenvalue weighted by molar-refractivity contribution is -0.116. The fourth-order valence-electron chi connectivity index (χ4n) is 2.91. The minimum Gasteiger partial charge on any atom is -0.326 e. The van der Waals surface area contributed by atoms with Gasteiger partial charge in [0, 0.05) is 24.7 Å². The number of benzene rings is 1. The molecule has 146 valence electrons. The molecule has 2 aromatic heterocycles. The van der Waals surface area contributed by atoms with Crippen molar-refractivity contribution in [1.82, 2.24) is 9.78 Å². The molecule has 2 heterocycles. The second-order valence-electron chi connectivity index (χ2n) is 6.71. The second kappa shape index (κ2) is 9.99. The average molecular weight is 396 g/mol. The smallest absolute Gasteiger partial charge is 0.266 e. The zero-order valence-corrected chi connectivity index (χ0v) is 16.9. The van der Waals surface area contributed by atoms with Crippen molar-refractivity contribution in [2.45, 2.75) is 45.6 Å². The predicted octanol–water partition coefficient (Wildman–Crippen LogP) is 4.73. The third-order valence-corrected chi connectivity index (χ3v) is 5.36. The van der Waals surface area contributed by atoms with Crippen LogP contribution in [0.2, 0.25) is 0 Å². The van der Waals surface area contributed by atoms with Gasteiger partial charge in [0.1, 0.15) is 5.69 Å². The van der Waals surface area contributed by atoms with Crippen LogP contribution in [0.25, 0.3) is 10.6 Å². The summed E-state index contributed by atoms with van der Waals surface area (Å²) in [6.07, 6.45) is 4.31. The summed E-state index contributed by atoms with van der Waals surface area (Å²) in [5, 5.41) is 9.31. The van der Waals surface area contributed by atoms with Gasteiger partial charge in [0.2, 0.25) is 5.91 Å². The van der Waals surface area contributed by atoms with Crippen molar-refractivity contribution in [2.24, 2.45) is 0 Å². The first kappa shape index (κ1) is 20.0. The molecule has 0 aliphatic heterocycles. The number of anilines is 1. The fraction of sp³-hybridized carbons (Fsp3) is 0.318. The number of nitrogens with one attached hydrogen (secondary N) is 1. The van der Waals surface area contributed by atoms with Gasteiger partial charge in [-0.25, -0.2) is 4.68 Å². The number of aromatic nitrogens is 2. The number of carbonyl (C=O) groups excluding carboxylic acids is 1. The predicted molar refractivity (Wildman–Crippen MR) is 115 cm³/mol. The average Bonchev–Trinajstić information content (AvgIpc) is 3.24. The van der Waals surface area contributed by atoms with E-state index in [-0.39, 0.29) is 11.5 Å². The van der Waals surface area contributed by atoms with Crippen molar-refractivity contribution in [3.8, 4) is 10.6 Å². The molecule has 0 saturated heterocycles. The normalized spacial score (nSPS) is 10.8. The van der Waals surface area contributed by atoms with Gasteiger partial charge in [-0.15, -0.1) is 11.3 Å². The van der Waals surface area contributed by atoms with E-state index in [0.29, 0.717) is 19.4 Å². The molecule has 1 amide bonds. The summed E-state index contributed by atoms with van der Waals surface area (Å²) >= 11 is 1.58. The van der Waals surface area contributed by atoms with Crippen LogP contribution in [0.1, 0.15) is 38.2 Å². The van der Waals surface area contributed by atoms with Crippen molar-refractivity contribution in [2.75, 3.05) is 5.32 Å². The van der Waals surface area contributed by atoms with Crippen LogP contribution < -0.4 is 10.9 Å². The maximum Gasteiger partial charge on any atom is 0.266 e. The molecule has 0 aliphatic rings. The van der Waals surface area contributed by atoms with E-state index < -0.39 is 0 Å². The number of carbonyl (C=O) groups is 1. The first-order chi connectivity index (χ1) is 13.7. The third-order valence-electron chi connectivity index (χ3n) is 4.47. The van der Waals surface area contributed by atoms with Crippen LogP contribution in [-0.4, -0.2) is 15.7 Å². The van der Waals surface area contributed by atoms with E-state index in [9.17, 15) is 9.59 Å². The molecule has 28 heavy (non-hydrogen) atoms. The Labute approximate surface area is 169 Å². The van der Waals surface area contributed by atoms with Crippen molar-refractivity contribution >= 4 is 22.9 Å². The van der Waals surface area contributed by atoms with Crippen LogP contribution >= 0.6 is 11.3 Å². The van der Waals surface area contributed by atoms with E-state index in [2.05, 4.69) is 29.5 Å². The van der Waals surface area contributed by atoms with Crippen molar-refractivity contribution in [3.05, 3.63) is 69.8 Å². The zero-order chi connectivity index (χ0) is 19.8. The van der Waals surface area contributed by atoms with E-state index in [1.165, 1.54) is 29.2 Å². The van der Waals surface area contributed by atoms with Crippen LogP contribution in [0.4, 0.5) is 5.69 Å². The first-order valence-electron chi connectivity index (χ1n) is 9.66. The van der Waals surface area contributed by atoms with E-state index >= 15 is 0 Å². The number of amides is 1. The molecular formula is C22H25N3O2S. The monoisotopic (exact) mass is 395 g/mol. The van der Waals surface area contributed by atoms with Crippen LogP contribution in [-0.2, 0) is 17.8 Å². The number of aryl methyl sites for hydroxylation is 2. The van der Waals surface area contributed by atoms with Crippen molar-refractivity contribution < 1.29 is 4.79 Å². The van der Waals surface area contributed by atoms with Gasteiger partial charge in [0.05, 0.1) is 4.88 Å². The molecule has 6 heteroatoms. The van der Waals surface area contributed by atoms with E-state index in [1.54, 1.807) is 17.4 Å². The summed E-state index contributed by atoms with van der Waals surface area (Å²) in [7, 11) is 0. The quantitative estimate of drug-likeness (QED) is 0.569. The molecule has 0 spiro atoms. The molecule has 0 radical (unpaired) electrons. The van der Waals surface area contributed by atoms with Gasteiger partial charge < -0.3 is 5.32 Å². The summed E-state index contributed by atoms with van der Waals surface area (Å²) < 4.78 is 1.44. The number of nitrogens with zero attached hydrogens (tertiary/aromatic N) is 2. The standard InChI is InChI=1S/C22H25N3O2S/c1-2-3-6-17-9-11-18(12-10-17)23-21(26)8-4-15-25-22(27)14-13-19(24-25)20-7-5-16-28-20/h5,7,9-14,16H,2-4,6,8,15H2,1H3,(H,23,26). The number of hydrogen-bond acceptors (Lipinski definition) is 4. The molecule has 0 bridgehead atoms. The Balaban J connectivity index is 1.50. The van der Waals surface area contributed by atoms with E-state index in [1.807, 2.05) is 29.6 Å². The largest absolute Gasteiger partial charge is 0.326 e. The SMILES string of the molecule is CCCCc1ccc(NC(=O)CCCn2nc(-c3cccs3)ccc2=O)cc1. The highest BCUT2D eigenvalue weighted by Crippen LogP contribution is 2.21. The molecule has 1 aromatic carbocycles. The molecule has 0 aliphatic carbocycles. The molecule has 0 saturated carbocycles. The Morgan fingerprint density at radius 2 is 1.93 bits per heavy atom. The molecule has 1 N–H and O–H groups in total. The van der Waals surface area contributed by atoms with Crippen LogP contribution in [0, 0.1) is 0 Å². The zero-order valence-electron chi connectivity index (χ0n) is 16.1. The highest BCUT2D eigenvalue weighted by Gasteiger charge is 2.07. The summed E-state index contributed by atoms with van der Waals surface area (Å²) in [5.74, 6) is -0.0521. The van der Waals surface area contributed by atoms with Gasteiger partial charge in [-0.1, -0.05) is 31.5 Å². The molecular weight excluding hydrogens is 370 g/mol. The van der Waals surface area contributed by atoms with Gasteiger partial charge in [-0.05, 0) is 54.5 Å². The van der Waals surface area contributed by atoms with E-state index in [4.69, 9.17) is 0 Å². The Hall–Kier alpha value is -2.73. The van der Waals surface area contributed by atoms with Gasteiger partial charge in [0.15, 0.2) is 0 Å². The highest BCUT2D eigenvalue weighted by molar-refractivity contribution is 7.13. The lowest BCUT2D eigenvalue weighted by atomic mass is 10.1. The molecule has 3 rings (SSSR count). The maximum atomic E-state index is 12.2. The topological polar surface area (TPSA) is 64.0 Å². The molecule has 0 fully saturated rings. The summed E-state index contributed by atoms with van der Waals surface area (Å²) in [4.78, 5) is 25.2. The molecule has 5 nitrogen and oxygen atoms in total. The highest BCUT2D eigenvalue weighted by atomic mass is 32.1. The number of hydrogen-bond donors (Lipinski definition) is 1. The summed E-state index contributed by atoms with van der Waals surface area (Å²) in [6, 6.07) is 15.2. The Bertz CT molecular complexity index is 947. The summed E-state index contributed by atoms with van der Waals surface area (Å²) in [6.45, 7) is 2.60. The van der Waals surface area contributed by atoms with Crippen LogP contribution in [0.3, 0.4) is 0 Å². The maximum absolute atomic E-state index is 12.2. The van der Waals surface area contributed by atoms with Gasteiger partial charge in [-0.3, -0.25) is 9.59 Å². The minimum absolute atomic E-state index is 0.0521. The van der Waals surface area contributed by atoms with Gasteiger partial charge in [-0.2, -0.15) is 5.10 Å². The van der Waals surface area contributed by atoms with Crippen LogP contribution in [0.5, 0.6) is 0 Å². The number of unbranched alkanes of at least 4 members (excludes halogenated alkanes) is 1. The van der Waals surface area contributed by atoms with Crippen molar-refractivity contribution in [1.29, 1.82) is 0 Å². The Morgan fingerprint density at radius 1 is 1.11 bits per heavy atom. The number of thiophene rings is 1. The minimum atomic E-state index is -0.150. The van der Waals surface area contributed by atoms with Crippen LogP contribution in [0.15, 0.2) is 58.7 Å². The fourth-order valence-corrected chi connectivity index (χ4v) is 3.60. The molecule has 0 atom stereocenters. The molecule has 3 aromatic rings.